The van der Waals surface area contributed by atoms with Gasteiger partial charge < -0.3 is 10.4 Å². The van der Waals surface area contributed by atoms with Crippen LogP contribution in [-0.4, -0.2) is 36.5 Å². The number of aryl methyl sites for hydroxylation is 2. The van der Waals surface area contributed by atoms with E-state index in [9.17, 15) is 0 Å². The van der Waals surface area contributed by atoms with Gasteiger partial charge in [-0.15, -0.1) is 5.10 Å². The topological polar surface area (TPSA) is 80.8 Å². The highest BCUT2D eigenvalue weighted by Crippen LogP contribution is 2.12. The van der Waals surface area contributed by atoms with Gasteiger partial charge in [-0.25, -0.2) is 4.68 Å². The van der Waals surface area contributed by atoms with Crippen LogP contribution in [0.25, 0.3) is 0 Å². The van der Waals surface area contributed by atoms with E-state index in [1.165, 1.54) is 0 Å². The number of aromatic nitrogens is 5. The molecule has 2 aromatic rings. The molecule has 2 aromatic heterocycles. The van der Waals surface area contributed by atoms with Crippen molar-refractivity contribution < 1.29 is 5.11 Å². The van der Waals surface area contributed by atoms with Crippen LogP contribution in [0, 0.1) is 6.92 Å². The number of anilines is 1. The van der Waals surface area contributed by atoms with Gasteiger partial charge in [-0.1, -0.05) is 5.21 Å². The predicted molar refractivity (Wildman–Crippen MR) is 62.4 cm³/mol. The predicted octanol–water partition coefficient (Wildman–Crippen LogP) is -0.0756. The summed E-state index contributed by atoms with van der Waals surface area (Å²) in [5.74, 6) is 0. The van der Waals surface area contributed by atoms with E-state index in [1.54, 1.807) is 9.36 Å². The molecule has 0 fully saturated rings. The van der Waals surface area contributed by atoms with Gasteiger partial charge in [0.1, 0.15) is 5.69 Å². The highest BCUT2D eigenvalue weighted by molar-refractivity contribution is 5.45. The number of aliphatic hydroxyl groups excluding tert-OH is 1. The van der Waals surface area contributed by atoms with Gasteiger partial charge in [-0.05, 0) is 6.92 Å². The van der Waals surface area contributed by atoms with Crippen molar-refractivity contribution in [3.05, 3.63) is 23.8 Å². The highest BCUT2D eigenvalue weighted by atomic mass is 16.3. The molecule has 0 aromatic carbocycles. The van der Waals surface area contributed by atoms with E-state index >= 15 is 0 Å². The zero-order chi connectivity index (χ0) is 12.3. The summed E-state index contributed by atoms with van der Waals surface area (Å²) in [6, 6.07) is 0. The molecule has 0 saturated heterocycles. The van der Waals surface area contributed by atoms with E-state index < -0.39 is 0 Å². The van der Waals surface area contributed by atoms with E-state index in [0.717, 1.165) is 17.1 Å². The average molecular weight is 236 g/mol. The monoisotopic (exact) mass is 236 g/mol. The van der Waals surface area contributed by atoms with Gasteiger partial charge in [-0.2, -0.15) is 5.10 Å². The third-order valence-electron chi connectivity index (χ3n) is 2.39. The third kappa shape index (κ3) is 2.82. The van der Waals surface area contributed by atoms with Gasteiger partial charge in [0.05, 0.1) is 37.3 Å². The van der Waals surface area contributed by atoms with Crippen molar-refractivity contribution in [1.82, 2.24) is 24.8 Å². The Labute approximate surface area is 99.1 Å². The van der Waals surface area contributed by atoms with Crippen LogP contribution in [0.4, 0.5) is 5.69 Å². The third-order valence-corrected chi connectivity index (χ3v) is 2.39. The van der Waals surface area contributed by atoms with Gasteiger partial charge in [0.25, 0.3) is 0 Å². The van der Waals surface area contributed by atoms with Gasteiger partial charge >= 0.3 is 0 Å². The first-order chi connectivity index (χ1) is 8.19. The first-order valence-electron chi connectivity index (χ1n) is 5.43. The molecule has 7 heteroatoms. The fraction of sp³-hybridized carbons (Fsp3) is 0.500. The summed E-state index contributed by atoms with van der Waals surface area (Å²) < 4.78 is 3.38. The summed E-state index contributed by atoms with van der Waals surface area (Å²) in [6.07, 6.45) is 3.74. The maximum atomic E-state index is 8.76. The first kappa shape index (κ1) is 11.6. The normalized spacial score (nSPS) is 10.8. The summed E-state index contributed by atoms with van der Waals surface area (Å²) >= 11 is 0. The Kier molecular flexibility index (Phi) is 3.38. The Balaban J connectivity index is 1.95. The number of hydrogen-bond acceptors (Lipinski definition) is 5. The van der Waals surface area contributed by atoms with E-state index in [0.29, 0.717) is 13.1 Å². The van der Waals surface area contributed by atoms with Crippen molar-refractivity contribution >= 4 is 5.69 Å². The molecule has 0 unspecified atom stereocenters. The van der Waals surface area contributed by atoms with E-state index in [2.05, 4.69) is 20.7 Å². The SMILES string of the molecule is Cc1nn(C)cc1NCc1cn(CCO)nn1. The molecule has 0 radical (unpaired) electrons. The van der Waals surface area contributed by atoms with Crippen LogP contribution in [-0.2, 0) is 20.1 Å². The van der Waals surface area contributed by atoms with Crippen molar-refractivity contribution in [3.8, 4) is 0 Å². The van der Waals surface area contributed by atoms with Crippen molar-refractivity contribution in [2.45, 2.75) is 20.0 Å². The van der Waals surface area contributed by atoms with Crippen LogP contribution >= 0.6 is 0 Å². The fourth-order valence-electron chi connectivity index (χ4n) is 1.59. The van der Waals surface area contributed by atoms with Gasteiger partial charge in [0.15, 0.2) is 0 Å². The lowest BCUT2D eigenvalue weighted by Gasteiger charge is -2.00. The number of rotatable bonds is 5. The second-order valence-electron chi connectivity index (χ2n) is 3.85. The lowest BCUT2D eigenvalue weighted by molar-refractivity contribution is 0.268. The maximum absolute atomic E-state index is 8.76. The molecule has 0 atom stereocenters. The Hall–Kier alpha value is -1.89. The summed E-state index contributed by atoms with van der Waals surface area (Å²) in [5.41, 5.74) is 2.78. The molecule has 0 aliphatic rings. The second kappa shape index (κ2) is 4.96. The fourth-order valence-corrected chi connectivity index (χ4v) is 1.59. The number of aliphatic hydroxyl groups is 1. The lowest BCUT2D eigenvalue weighted by atomic mass is 10.4. The van der Waals surface area contributed by atoms with Gasteiger partial charge in [0.2, 0.25) is 0 Å². The van der Waals surface area contributed by atoms with Crippen LogP contribution in [0.15, 0.2) is 12.4 Å². The zero-order valence-corrected chi connectivity index (χ0v) is 9.96. The molecular formula is C10H16N6O. The molecule has 0 bridgehead atoms. The molecule has 2 rings (SSSR count). The zero-order valence-electron chi connectivity index (χ0n) is 9.96. The van der Waals surface area contributed by atoms with Crippen molar-refractivity contribution in [2.24, 2.45) is 7.05 Å². The smallest absolute Gasteiger partial charge is 0.102 e. The minimum absolute atomic E-state index is 0.0674. The number of hydrogen-bond donors (Lipinski definition) is 2. The van der Waals surface area contributed by atoms with Crippen LogP contribution < -0.4 is 5.32 Å². The van der Waals surface area contributed by atoms with Crippen molar-refractivity contribution in [3.63, 3.8) is 0 Å². The quantitative estimate of drug-likeness (QED) is 0.759. The van der Waals surface area contributed by atoms with E-state index in [4.69, 9.17) is 5.11 Å². The summed E-state index contributed by atoms with van der Waals surface area (Å²) in [6.45, 7) is 3.08. The Morgan fingerprint density at radius 2 is 2.24 bits per heavy atom. The minimum Gasteiger partial charge on any atom is -0.394 e. The van der Waals surface area contributed by atoms with Crippen LogP contribution in [0.3, 0.4) is 0 Å². The molecule has 0 spiro atoms. The number of nitrogens with one attached hydrogen (secondary N) is 1. The average Bonchev–Trinajstić information content (AvgIpc) is 2.83. The van der Waals surface area contributed by atoms with Crippen molar-refractivity contribution in [2.75, 3.05) is 11.9 Å². The molecule has 92 valence electrons. The lowest BCUT2D eigenvalue weighted by Crippen LogP contribution is -2.02. The van der Waals surface area contributed by atoms with Crippen LogP contribution in [0.1, 0.15) is 11.4 Å². The molecule has 0 aliphatic carbocycles. The second-order valence-corrected chi connectivity index (χ2v) is 3.85. The van der Waals surface area contributed by atoms with Crippen molar-refractivity contribution in [1.29, 1.82) is 0 Å². The Morgan fingerprint density at radius 1 is 1.41 bits per heavy atom. The summed E-state index contributed by atoms with van der Waals surface area (Å²) in [7, 11) is 1.88. The summed E-state index contributed by atoms with van der Waals surface area (Å²) in [5, 5.41) is 24.1. The molecule has 2 heterocycles. The molecule has 0 saturated carbocycles. The first-order valence-corrected chi connectivity index (χ1v) is 5.43. The Bertz CT molecular complexity index is 489. The maximum Gasteiger partial charge on any atom is 0.102 e. The number of nitrogens with zero attached hydrogens (tertiary/aromatic N) is 5. The molecule has 0 aliphatic heterocycles. The van der Waals surface area contributed by atoms with E-state index in [-0.39, 0.29) is 6.61 Å². The van der Waals surface area contributed by atoms with Gasteiger partial charge in [0, 0.05) is 13.2 Å². The minimum atomic E-state index is 0.0674. The molecule has 7 nitrogen and oxygen atoms in total. The molecular weight excluding hydrogens is 220 g/mol. The largest absolute Gasteiger partial charge is 0.394 e. The van der Waals surface area contributed by atoms with E-state index in [1.807, 2.05) is 26.4 Å². The molecule has 0 amide bonds. The van der Waals surface area contributed by atoms with Gasteiger partial charge in [-0.3, -0.25) is 4.68 Å². The standard InChI is InChI=1S/C10H16N6O/c1-8-10(7-15(2)13-8)11-5-9-6-16(3-4-17)14-12-9/h6-7,11,17H,3-5H2,1-2H3. The highest BCUT2D eigenvalue weighted by Gasteiger charge is 2.04. The van der Waals surface area contributed by atoms with Crippen LogP contribution in [0.5, 0.6) is 0 Å². The summed E-state index contributed by atoms with van der Waals surface area (Å²) in [4.78, 5) is 0. The Morgan fingerprint density at radius 3 is 2.88 bits per heavy atom. The molecule has 2 N–H and O–H groups in total. The van der Waals surface area contributed by atoms with Crippen LogP contribution in [0.2, 0.25) is 0 Å². The molecule has 17 heavy (non-hydrogen) atoms.